The van der Waals surface area contributed by atoms with Crippen molar-refractivity contribution in [3.63, 3.8) is 0 Å². The number of phenolic OH excluding ortho intramolecular Hbond substituents is 2. The molecule has 1 aliphatic heterocycles. The maximum absolute atomic E-state index is 13.2. The van der Waals surface area contributed by atoms with E-state index in [1.54, 1.807) is 19.1 Å². The van der Waals surface area contributed by atoms with Crippen LogP contribution in [0.1, 0.15) is 83.0 Å². The Morgan fingerprint density at radius 3 is 2.30 bits per heavy atom. The van der Waals surface area contributed by atoms with Gasteiger partial charge in [-0.25, -0.2) is 0 Å². The van der Waals surface area contributed by atoms with Gasteiger partial charge in [0, 0.05) is 42.6 Å². The molecule has 5 rings (SSSR count). The van der Waals surface area contributed by atoms with Gasteiger partial charge in [-0.2, -0.15) is 5.10 Å². The lowest BCUT2D eigenvalue weighted by Gasteiger charge is -2.36. The number of fused-ring (bicyclic) bond motifs is 3. The Hall–Kier alpha value is -3.59. The molecule has 13 heteroatoms. The quantitative estimate of drug-likeness (QED) is 0.116. The summed E-state index contributed by atoms with van der Waals surface area (Å²) in [5.74, 6) is -1.90. The number of nitrogens with two attached hydrogens (primary N) is 1. The molecule has 9 N–H and O–H groups in total. The van der Waals surface area contributed by atoms with Gasteiger partial charge in [0.05, 0.1) is 48.3 Å². The Bertz CT molecular complexity index is 1400. The molecule has 2 aliphatic carbocycles. The van der Waals surface area contributed by atoms with Crippen LogP contribution in [0.5, 0.6) is 17.2 Å². The van der Waals surface area contributed by atoms with Crippen LogP contribution in [0.15, 0.2) is 23.3 Å². The lowest BCUT2D eigenvalue weighted by Crippen LogP contribution is -2.51. The summed E-state index contributed by atoms with van der Waals surface area (Å²) in [4.78, 5) is 26.5. The van der Waals surface area contributed by atoms with Gasteiger partial charge in [-0.05, 0) is 25.8 Å². The third kappa shape index (κ3) is 6.58. The van der Waals surface area contributed by atoms with Crippen molar-refractivity contribution < 1.29 is 49.7 Å². The van der Waals surface area contributed by atoms with E-state index in [9.17, 15) is 35.1 Å². The number of hydrogen-bond acceptors (Lipinski definition) is 13. The molecule has 0 amide bonds. The van der Waals surface area contributed by atoms with Crippen LogP contribution < -0.4 is 15.9 Å². The van der Waals surface area contributed by atoms with E-state index in [1.807, 2.05) is 0 Å². The predicted octanol–water partition coefficient (Wildman–Crippen LogP) is 0.887. The number of benzene rings is 2. The molecular formula is C31H43N3O10. The van der Waals surface area contributed by atoms with Crippen LogP contribution in [0.4, 0.5) is 0 Å². The fraction of sp³-hybridized carbons (Fsp3) is 0.516. The highest BCUT2D eigenvalue weighted by Crippen LogP contribution is 2.48. The average molecular weight is 618 g/mol. The molecule has 3 aliphatic rings. The van der Waals surface area contributed by atoms with Crippen molar-refractivity contribution >= 4 is 17.3 Å². The van der Waals surface area contributed by atoms with Crippen LogP contribution in [0.25, 0.3) is 0 Å². The highest BCUT2D eigenvalue weighted by molar-refractivity contribution is 6.31. The average Bonchev–Trinajstić information content (AvgIpc) is 2.99. The van der Waals surface area contributed by atoms with Crippen molar-refractivity contribution in [1.29, 1.82) is 0 Å². The predicted molar refractivity (Wildman–Crippen MR) is 161 cm³/mol. The van der Waals surface area contributed by atoms with Crippen molar-refractivity contribution in [2.75, 3.05) is 20.8 Å². The van der Waals surface area contributed by atoms with Gasteiger partial charge in [0.1, 0.15) is 22.8 Å². The molecule has 4 unspecified atom stereocenters. The van der Waals surface area contributed by atoms with Gasteiger partial charge >= 0.3 is 0 Å². The molecule has 0 saturated carbocycles. The third-order valence-electron chi connectivity index (χ3n) is 7.79. The fourth-order valence-corrected chi connectivity index (χ4v) is 5.60. The van der Waals surface area contributed by atoms with Gasteiger partial charge in [0.25, 0.3) is 0 Å². The molecule has 242 valence electrons. The van der Waals surface area contributed by atoms with Gasteiger partial charge in [-0.15, -0.1) is 0 Å². The van der Waals surface area contributed by atoms with Crippen LogP contribution in [0, 0.1) is 0 Å². The van der Waals surface area contributed by atoms with E-state index in [1.165, 1.54) is 26.6 Å². The first-order chi connectivity index (χ1) is 20.8. The molecule has 0 aromatic heterocycles. The van der Waals surface area contributed by atoms with Gasteiger partial charge in [0.15, 0.2) is 12.1 Å². The number of carbonyl (C=O) groups excluding carboxylic acids is 2. The number of ketones is 2. The SMILES string of the molecule is CC1OC(O)CC(N)C1O.CCC.CN/N=C(\CO)[C@@]1(O)CCc2c(O)c3c(c(O)c2C1)C(=O)c1cccc(OC)c1C3=O. The summed E-state index contributed by atoms with van der Waals surface area (Å²) < 4.78 is 10.1. The highest BCUT2D eigenvalue weighted by Gasteiger charge is 2.44. The number of ether oxygens (including phenoxy) is 2. The van der Waals surface area contributed by atoms with E-state index in [4.69, 9.17) is 20.3 Å². The molecule has 1 fully saturated rings. The van der Waals surface area contributed by atoms with Crippen LogP contribution >= 0.6 is 0 Å². The number of hydrazone groups is 1. The van der Waals surface area contributed by atoms with E-state index in [-0.39, 0.29) is 76.3 Å². The lowest BCUT2D eigenvalue weighted by atomic mass is 9.73. The number of aliphatic hydroxyl groups excluding tert-OH is 3. The molecule has 1 saturated heterocycles. The molecule has 2 aromatic carbocycles. The maximum atomic E-state index is 13.2. The summed E-state index contributed by atoms with van der Waals surface area (Å²) in [5, 5.41) is 64.7. The van der Waals surface area contributed by atoms with Crippen LogP contribution in [0.2, 0.25) is 0 Å². The minimum atomic E-state index is -1.59. The van der Waals surface area contributed by atoms with E-state index >= 15 is 0 Å². The lowest BCUT2D eigenvalue weighted by molar-refractivity contribution is -0.198. The molecule has 0 radical (unpaired) electrons. The summed E-state index contributed by atoms with van der Waals surface area (Å²) in [7, 11) is 2.89. The largest absolute Gasteiger partial charge is 0.507 e. The first-order valence-electron chi connectivity index (χ1n) is 14.5. The Morgan fingerprint density at radius 2 is 1.73 bits per heavy atom. The normalized spacial score (nSPS) is 25.7. The number of methoxy groups -OCH3 is 1. The number of carbonyl (C=O) groups is 2. The minimum absolute atomic E-state index is 0.0354. The van der Waals surface area contributed by atoms with Crippen molar-refractivity contribution in [2.24, 2.45) is 10.8 Å². The number of nitrogens with zero attached hydrogens (tertiary/aromatic N) is 1. The van der Waals surface area contributed by atoms with E-state index in [0.717, 1.165) is 0 Å². The van der Waals surface area contributed by atoms with E-state index < -0.39 is 47.7 Å². The van der Waals surface area contributed by atoms with Crippen molar-refractivity contribution in [3.05, 3.63) is 51.6 Å². The second-order valence-corrected chi connectivity index (χ2v) is 11.0. The minimum Gasteiger partial charge on any atom is -0.507 e. The first kappa shape index (κ1) is 34.9. The van der Waals surface area contributed by atoms with Crippen molar-refractivity contribution in [3.8, 4) is 17.2 Å². The van der Waals surface area contributed by atoms with Crippen molar-refractivity contribution in [2.45, 2.75) is 83.0 Å². The summed E-state index contributed by atoms with van der Waals surface area (Å²) in [6.45, 7) is 5.42. The third-order valence-corrected chi connectivity index (χ3v) is 7.79. The Morgan fingerprint density at radius 1 is 1.11 bits per heavy atom. The molecule has 0 bridgehead atoms. The van der Waals surface area contributed by atoms with Gasteiger partial charge in [0.2, 0.25) is 5.78 Å². The highest BCUT2D eigenvalue weighted by atomic mass is 16.6. The van der Waals surface area contributed by atoms with Crippen LogP contribution in [0.3, 0.4) is 0 Å². The molecule has 13 nitrogen and oxygen atoms in total. The smallest absolute Gasteiger partial charge is 0.202 e. The number of nitrogens with one attached hydrogen (secondary N) is 1. The summed E-state index contributed by atoms with van der Waals surface area (Å²) >= 11 is 0. The number of rotatable bonds is 4. The number of aliphatic hydroxyl groups is 4. The molecular weight excluding hydrogens is 574 g/mol. The first-order valence-corrected chi connectivity index (χ1v) is 14.5. The molecule has 0 spiro atoms. The monoisotopic (exact) mass is 617 g/mol. The Labute approximate surface area is 255 Å². The van der Waals surface area contributed by atoms with E-state index in [2.05, 4.69) is 24.4 Å². The maximum Gasteiger partial charge on any atom is 0.202 e. The zero-order valence-corrected chi connectivity index (χ0v) is 25.6. The Kier molecular flexibility index (Phi) is 11.5. The van der Waals surface area contributed by atoms with E-state index in [0.29, 0.717) is 6.42 Å². The van der Waals surface area contributed by atoms with Gasteiger partial charge in [-0.3, -0.25) is 9.59 Å². The standard InChI is InChI=1S/C22H22N2O7.C6H13NO3.C3H8/c1-23-24-14(9-25)22(30)7-6-10-12(8-22)20(28)16-17(18(10)26)21(29)15-11(19(16)27)4-3-5-13(15)31-2;1-3-6(9)4(7)2-5(8)10-3;1-3-2/h3-5,23,25-26,28,30H,6-9H2,1-2H3;3-6,8-9H,2,7H2,1H3;3H2,1-2H3/b24-14+;;/t22-;;/m1../s1. The van der Waals surface area contributed by atoms with Crippen LogP contribution in [-0.2, 0) is 17.6 Å². The summed E-state index contributed by atoms with van der Waals surface area (Å²) in [6.07, 6.45) is -0.264. The number of aromatic hydroxyl groups is 2. The Balaban J connectivity index is 0.000000340. The summed E-state index contributed by atoms with van der Waals surface area (Å²) in [5.41, 5.74) is 6.42. The summed E-state index contributed by atoms with van der Waals surface area (Å²) in [6, 6.07) is 4.20. The fourth-order valence-electron chi connectivity index (χ4n) is 5.60. The van der Waals surface area contributed by atoms with Crippen molar-refractivity contribution in [1.82, 2.24) is 5.43 Å². The van der Waals surface area contributed by atoms with Gasteiger partial charge < -0.3 is 51.3 Å². The molecule has 44 heavy (non-hydrogen) atoms. The topological polar surface area (TPSA) is 224 Å². The zero-order valence-electron chi connectivity index (χ0n) is 25.6. The van der Waals surface area contributed by atoms with Crippen LogP contribution in [-0.4, -0.2) is 98.8 Å². The van der Waals surface area contributed by atoms with Gasteiger partial charge in [-0.1, -0.05) is 32.4 Å². The molecule has 5 atom stereocenters. The molecule has 2 aromatic rings. The molecule has 1 heterocycles. The number of hydrogen-bond donors (Lipinski definition) is 8. The second kappa shape index (κ2) is 14.5. The number of phenols is 2. The zero-order chi connectivity index (χ0) is 32.9. The second-order valence-electron chi connectivity index (χ2n) is 11.0.